The van der Waals surface area contributed by atoms with E-state index in [1.807, 2.05) is 24.3 Å². The van der Waals surface area contributed by atoms with Gasteiger partial charge in [0.25, 0.3) is 0 Å². The number of rotatable bonds is 5. The van der Waals surface area contributed by atoms with Crippen molar-refractivity contribution in [2.24, 2.45) is 0 Å². The summed E-state index contributed by atoms with van der Waals surface area (Å²) >= 11 is 3.42. The van der Waals surface area contributed by atoms with Crippen LogP contribution in [0.1, 0.15) is 24.8 Å². The predicted molar refractivity (Wildman–Crippen MR) is 106 cm³/mol. The molecule has 138 valence electrons. The molecule has 2 aromatic rings. The molecule has 1 fully saturated rings. The molecule has 0 spiro atoms. The van der Waals surface area contributed by atoms with Crippen LogP contribution in [0, 0.1) is 0 Å². The van der Waals surface area contributed by atoms with Crippen molar-refractivity contribution in [2.45, 2.75) is 29.6 Å². The minimum Gasteiger partial charge on any atom is -0.325 e. The van der Waals surface area contributed by atoms with E-state index in [4.69, 9.17) is 0 Å². The van der Waals surface area contributed by atoms with E-state index in [1.54, 1.807) is 12.1 Å². The molecule has 3 rings (SSSR count). The molecule has 0 saturated heterocycles. The van der Waals surface area contributed by atoms with E-state index in [2.05, 4.69) is 21.2 Å². The standard InChI is InChI=1S/C19H21BrN2O3S/c1-22(2)26(24,25)17-10-8-16(9-11-17)21-18(23)19(12-3-13-19)14-4-6-15(20)7-5-14/h4-11H,3,12-13H2,1-2H3,(H,21,23). The second-order valence-corrected chi connectivity index (χ2v) is 9.78. The van der Waals surface area contributed by atoms with Crippen LogP contribution in [0.2, 0.25) is 0 Å². The fourth-order valence-electron chi connectivity index (χ4n) is 3.12. The Labute approximate surface area is 162 Å². The number of sulfonamides is 1. The van der Waals surface area contributed by atoms with Crippen LogP contribution in [-0.4, -0.2) is 32.7 Å². The molecular weight excluding hydrogens is 416 g/mol. The number of anilines is 1. The van der Waals surface area contributed by atoms with Crippen LogP contribution >= 0.6 is 15.9 Å². The van der Waals surface area contributed by atoms with Crippen molar-refractivity contribution in [2.75, 3.05) is 19.4 Å². The van der Waals surface area contributed by atoms with Crippen LogP contribution in [0.3, 0.4) is 0 Å². The molecule has 1 aliphatic carbocycles. The fourth-order valence-corrected chi connectivity index (χ4v) is 4.28. The fraction of sp³-hybridized carbons (Fsp3) is 0.316. The number of halogens is 1. The molecule has 0 radical (unpaired) electrons. The number of hydrogen-bond donors (Lipinski definition) is 1. The lowest BCUT2D eigenvalue weighted by molar-refractivity contribution is -0.124. The second kappa shape index (κ2) is 7.13. The van der Waals surface area contributed by atoms with Gasteiger partial charge in [0.2, 0.25) is 15.9 Å². The van der Waals surface area contributed by atoms with E-state index in [0.717, 1.165) is 33.6 Å². The van der Waals surface area contributed by atoms with Gasteiger partial charge in [-0.2, -0.15) is 0 Å². The quantitative estimate of drug-likeness (QED) is 0.775. The summed E-state index contributed by atoms with van der Waals surface area (Å²) in [5, 5.41) is 2.95. The minimum absolute atomic E-state index is 0.0470. The molecule has 2 aromatic carbocycles. The van der Waals surface area contributed by atoms with Crippen LogP contribution in [-0.2, 0) is 20.2 Å². The van der Waals surface area contributed by atoms with Gasteiger partial charge in [0, 0.05) is 24.3 Å². The summed E-state index contributed by atoms with van der Waals surface area (Å²) in [5.74, 6) is -0.0470. The summed E-state index contributed by atoms with van der Waals surface area (Å²) in [5.41, 5.74) is 1.10. The van der Waals surface area contributed by atoms with E-state index >= 15 is 0 Å². The molecule has 0 unspecified atom stereocenters. The van der Waals surface area contributed by atoms with Crippen molar-refractivity contribution in [1.29, 1.82) is 0 Å². The van der Waals surface area contributed by atoms with Gasteiger partial charge in [0.1, 0.15) is 0 Å². The van der Waals surface area contributed by atoms with E-state index in [9.17, 15) is 13.2 Å². The van der Waals surface area contributed by atoms with Crippen molar-refractivity contribution in [3.63, 3.8) is 0 Å². The number of benzene rings is 2. The van der Waals surface area contributed by atoms with Gasteiger partial charge in [-0.05, 0) is 54.8 Å². The Morgan fingerprint density at radius 2 is 1.62 bits per heavy atom. The monoisotopic (exact) mass is 436 g/mol. The number of carbonyl (C=O) groups is 1. The largest absolute Gasteiger partial charge is 0.325 e. The van der Waals surface area contributed by atoms with Gasteiger partial charge < -0.3 is 5.32 Å². The third kappa shape index (κ3) is 3.43. The van der Waals surface area contributed by atoms with Crippen molar-refractivity contribution in [3.05, 3.63) is 58.6 Å². The molecule has 0 aliphatic heterocycles. The lowest BCUT2D eigenvalue weighted by Gasteiger charge is -2.40. The first-order valence-corrected chi connectivity index (χ1v) is 10.6. The Morgan fingerprint density at radius 3 is 2.08 bits per heavy atom. The van der Waals surface area contributed by atoms with Crippen LogP contribution in [0.15, 0.2) is 57.9 Å². The van der Waals surface area contributed by atoms with E-state index in [1.165, 1.54) is 26.2 Å². The molecule has 0 atom stereocenters. The van der Waals surface area contributed by atoms with E-state index < -0.39 is 15.4 Å². The molecule has 0 aromatic heterocycles. The molecule has 26 heavy (non-hydrogen) atoms. The molecule has 7 heteroatoms. The molecule has 0 heterocycles. The zero-order valence-corrected chi connectivity index (χ0v) is 17.1. The SMILES string of the molecule is CN(C)S(=O)(=O)c1ccc(NC(=O)C2(c3ccc(Br)cc3)CCC2)cc1. The average Bonchev–Trinajstić information content (AvgIpc) is 2.56. The molecule has 5 nitrogen and oxygen atoms in total. The van der Waals surface area contributed by atoms with Crippen LogP contribution in [0.5, 0.6) is 0 Å². The number of amides is 1. The highest BCUT2D eigenvalue weighted by molar-refractivity contribution is 9.10. The zero-order valence-electron chi connectivity index (χ0n) is 14.7. The highest BCUT2D eigenvalue weighted by Crippen LogP contribution is 2.44. The summed E-state index contributed by atoms with van der Waals surface area (Å²) in [4.78, 5) is 13.1. The molecule has 1 N–H and O–H groups in total. The van der Waals surface area contributed by atoms with Gasteiger partial charge in [-0.25, -0.2) is 12.7 Å². The number of hydrogen-bond acceptors (Lipinski definition) is 3. The molecular formula is C19H21BrN2O3S. The zero-order chi connectivity index (χ0) is 18.9. The summed E-state index contributed by atoms with van der Waals surface area (Å²) in [6, 6.07) is 14.1. The number of nitrogens with one attached hydrogen (secondary N) is 1. The van der Waals surface area contributed by atoms with Crippen molar-refractivity contribution in [1.82, 2.24) is 4.31 Å². The first-order chi connectivity index (χ1) is 12.3. The topological polar surface area (TPSA) is 66.5 Å². The molecule has 1 saturated carbocycles. The highest BCUT2D eigenvalue weighted by Gasteiger charge is 2.45. The Kier molecular flexibility index (Phi) is 5.23. The van der Waals surface area contributed by atoms with Crippen molar-refractivity contribution < 1.29 is 13.2 Å². The number of nitrogens with zero attached hydrogens (tertiary/aromatic N) is 1. The van der Waals surface area contributed by atoms with E-state index in [-0.39, 0.29) is 10.8 Å². The lowest BCUT2D eigenvalue weighted by atomic mass is 9.64. The Morgan fingerprint density at radius 1 is 1.04 bits per heavy atom. The minimum atomic E-state index is -3.47. The Bertz CT molecular complexity index is 903. The average molecular weight is 437 g/mol. The van der Waals surface area contributed by atoms with Gasteiger partial charge in [-0.15, -0.1) is 0 Å². The van der Waals surface area contributed by atoms with Gasteiger partial charge in [0.15, 0.2) is 0 Å². The van der Waals surface area contributed by atoms with Gasteiger partial charge in [0.05, 0.1) is 10.3 Å². The predicted octanol–water partition coefficient (Wildman–Crippen LogP) is 3.76. The van der Waals surface area contributed by atoms with Gasteiger partial charge >= 0.3 is 0 Å². The first-order valence-electron chi connectivity index (χ1n) is 8.36. The Hall–Kier alpha value is -1.70. The van der Waals surface area contributed by atoms with Crippen LogP contribution < -0.4 is 5.32 Å². The third-order valence-corrected chi connectivity index (χ3v) is 7.29. The third-order valence-electron chi connectivity index (χ3n) is 4.93. The summed E-state index contributed by atoms with van der Waals surface area (Å²) in [7, 11) is -0.496. The smallest absolute Gasteiger partial charge is 0.242 e. The summed E-state index contributed by atoms with van der Waals surface area (Å²) < 4.78 is 26.4. The first kappa shape index (κ1) is 19.1. The summed E-state index contributed by atoms with van der Waals surface area (Å²) in [6.07, 6.45) is 2.64. The maximum absolute atomic E-state index is 12.9. The van der Waals surface area contributed by atoms with Crippen LogP contribution in [0.25, 0.3) is 0 Å². The maximum Gasteiger partial charge on any atom is 0.242 e. The molecule has 0 bridgehead atoms. The normalized spacial score (nSPS) is 16.2. The van der Waals surface area contributed by atoms with Crippen molar-refractivity contribution >= 4 is 37.5 Å². The maximum atomic E-state index is 12.9. The van der Waals surface area contributed by atoms with Crippen LogP contribution in [0.4, 0.5) is 5.69 Å². The lowest BCUT2D eigenvalue weighted by Crippen LogP contribution is -2.46. The number of carbonyl (C=O) groups excluding carboxylic acids is 1. The van der Waals surface area contributed by atoms with E-state index in [0.29, 0.717) is 5.69 Å². The van der Waals surface area contributed by atoms with Crippen molar-refractivity contribution in [3.8, 4) is 0 Å². The second-order valence-electron chi connectivity index (χ2n) is 6.71. The molecule has 1 amide bonds. The Balaban J connectivity index is 1.80. The van der Waals surface area contributed by atoms with Gasteiger partial charge in [-0.3, -0.25) is 4.79 Å². The highest BCUT2D eigenvalue weighted by atomic mass is 79.9. The van der Waals surface area contributed by atoms with Gasteiger partial charge in [-0.1, -0.05) is 34.5 Å². The molecule has 1 aliphatic rings. The summed E-state index contributed by atoms with van der Waals surface area (Å²) in [6.45, 7) is 0.